The van der Waals surface area contributed by atoms with E-state index in [0.717, 1.165) is 12.1 Å². The number of ether oxygens (including phenoxy) is 1. The van der Waals surface area contributed by atoms with E-state index in [2.05, 4.69) is 4.74 Å². The highest BCUT2D eigenvalue weighted by Gasteiger charge is 2.40. The molecule has 0 unspecified atom stereocenters. The van der Waals surface area contributed by atoms with Crippen LogP contribution in [-0.4, -0.2) is 0 Å². The molecule has 23 heavy (non-hydrogen) atoms. The lowest BCUT2D eigenvalue weighted by Gasteiger charge is -2.19. The van der Waals surface area contributed by atoms with Gasteiger partial charge in [0.1, 0.15) is 22.9 Å². The first-order chi connectivity index (χ1) is 10.5. The van der Waals surface area contributed by atoms with E-state index in [1.807, 2.05) is 0 Å². The summed E-state index contributed by atoms with van der Waals surface area (Å²) < 4.78 is 95.9. The Kier molecular flexibility index (Phi) is 4.28. The van der Waals surface area contributed by atoms with Crippen molar-refractivity contribution in [2.75, 3.05) is 0 Å². The zero-order valence-corrected chi connectivity index (χ0v) is 11.5. The first-order valence-corrected chi connectivity index (χ1v) is 6.21. The van der Waals surface area contributed by atoms with Gasteiger partial charge in [-0.25, -0.2) is 8.78 Å². The van der Waals surface area contributed by atoms with Crippen LogP contribution in [0.25, 0.3) is 0 Å². The van der Waals surface area contributed by atoms with Crippen molar-refractivity contribution in [2.24, 2.45) is 0 Å². The molecule has 0 amide bonds. The van der Waals surface area contributed by atoms with E-state index >= 15 is 0 Å². The molecular formula is C15H9F7O. The zero-order chi connectivity index (χ0) is 17.4. The van der Waals surface area contributed by atoms with Gasteiger partial charge in [0.25, 0.3) is 0 Å². The average molecular weight is 338 g/mol. The first kappa shape index (κ1) is 17.1. The van der Waals surface area contributed by atoms with Crippen LogP contribution in [0.4, 0.5) is 30.7 Å². The predicted molar refractivity (Wildman–Crippen MR) is 67.1 cm³/mol. The summed E-state index contributed by atoms with van der Waals surface area (Å²) in [5, 5.41) is 0. The minimum absolute atomic E-state index is 0.0635. The zero-order valence-electron chi connectivity index (χ0n) is 11.5. The molecule has 0 bridgehead atoms. The van der Waals surface area contributed by atoms with E-state index in [0.29, 0.717) is 5.56 Å². The highest BCUT2D eigenvalue weighted by atomic mass is 19.4. The van der Waals surface area contributed by atoms with Crippen LogP contribution in [0.2, 0.25) is 0 Å². The van der Waals surface area contributed by atoms with Gasteiger partial charge in [-0.05, 0) is 19.1 Å². The molecule has 0 saturated heterocycles. The third-order valence-electron chi connectivity index (χ3n) is 2.93. The molecule has 2 aromatic rings. The standard InChI is InChI=1S/C15H9F7O/c1-8-2-4-9(5-3-8)15(21,22)23-10-6-11(16)13(12(17)7-10)14(18,19)20/h2-7H,1H3. The molecule has 1 nitrogen and oxygen atoms in total. The summed E-state index contributed by atoms with van der Waals surface area (Å²) in [5.74, 6) is -5.13. The first-order valence-electron chi connectivity index (χ1n) is 6.21. The fourth-order valence-corrected chi connectivity index (χ4v) is 1.83. The minimum Gasteiger partial charge on any atom is -0.429 e. The molecular weight excluding hydrogens is 329 g/mol. The van der Waals surface area contributed by atoms with Gasteiger partial charge in [0.05, 0.1) is 5.56 Å². The van der Waals surface area contributed by atoms with Crippen molar-refractivity contribution >= 4 is 0 Å². The van der Waals surface area contributed by atoms with Gasteiger partial charge in [-0.2, -0.15) is 22.0 Å². The molecule has 0 spiro atoms. The van der Waals surface area contributed by atoms with Crippen LogP contribution < -0.4 is 4.74 Å². The smallest absolute Gasteiger partial charge is 0.426 e. The van der Waals surface area contributed by atoms with Gasteiger partial charge in [0, 0.05) is 12.1 Å². The maximum Gasteiger partial charge on any atom is 0.426 e. The number of halogens is 7. The van der Waals surface area contributed by atoms with Gasteiger partial charge in [-0.1, -0.05) is 17.7 Å². The lowest BCUT2D eigenvalue weighted by molar-refractivity contribution is -0.185. The third-order valence-corrected chi connectivity index (χ3v) is 2.93. The second-order valence-electron chi connectivity index (χ2n) is 4.74. The fraction of sp³-hybridized carbons (Fsp3) is 0.200. The molecule has 0 fully saturated rings. The second-order valence-corrected chi connectivity index (χ2v) is 4.74. The van der Waals surface area contributed by atoms with Gasteiger partial charge >= 0.3 is 12.3 Å². The molecule has 0 N–H and O–H groups in total. The topological polar surface area (TPSA) is 9.23 Å². The number of rotatable bonds is 3. The van der Waals surface area contributed by atoms with Crippen LogP contribution in [0.15, 0.2) is 36.4 Å². The van der Waals surface area contributed by atoms with Crippen molar-refractivity contribution in [1.82, 2.24) is 0 Å². The molecule has 2 rings (SSSR count). The van der Waals surface area contributed by atoms with Crippen LogP contribution in [0.3, 0.4) is 0 Å². The number of hydrogen-bond donors (Lipinski definition) is 0. The molecule has 8 heteroatoms. The van der Waals surface area contributed by atoms with E-state index in [1.165, 1.54) is 12.1 Å². The Bertz CT molecular complexity index is 682. The van der Waals surface area contributed by atoms with Crippen molar-refractivity contribution in [3.05, 3.63) is 64.7 Å². The Morgan fingerprint density at radius 1 is 0.826 bits per heavy atom. The Balaban J connectivity index is 2.35. The number of benzene rings is 2. The van der Waals surface area contributed by atoms with Crippen molar-refractivity contribution < 1.29 is 35.5 Å². The minimum atomic E-state index is -5.29. The van der Waals surface area contributed by atoms with E-state index < -0.39 is 40.8 Å². The largest absolute Gasteiger partial charge is 0.429 e. The highest BCUT2D eigenvalue weighted by molar-refractivity contribution is 5.33. The van der Waals surface area contributed by atoms with Crippen molar-refractivity contribution in [3.8, 4) is 5.75 Å². The fourth-order valence-electron chi connectivity index (χ4n) is 1.83. The van der Waals surface area contributed by atoms with Gasteiger partial charge in [-0.3, -0.25) is 0 Å². The molecule has 0 heterocycles. The molecule has 0 aromatic heterocycles. The summed E-state index contributed by atoms with van der Waals surface area (Å²) >= 11 is 0. The van der Waals surface area contributed by atoms with Crippen molar-refractivity contribution in [1.29, 1.82) is 0 Å². The lowest BCUT2D eigenvalue weighted by Crippen LogP contribution is -2.22. The molecule has 124 valence electrons. The normalized spacial score (nSPS) is 12.3. The summed E-state index contributed by atoms with van der Waals surface area (Å²) in [5.41, 5.74) is -2.08. The van der Waals surface area contributed by atoms with Crippen LogP contribution in [0.5, 0.6) is 5.75 Å². The Morgan fingerprint density at radius 2 is 1.30 bits per heavy atom. The van der Waals surface area contributed by atoms with Gasteiger partial charge in [0.2, 0.25) is 0 Å². The summed E-state index contributed by atoms with van der Waals surface area (Å²) in [4.78, 5) is 0. The summed E-state index contributed by atoms with van der Waals surface area (Å²) in [6, 6.07) is 4.92. The molecule has 0 aliphatic rings. The number of aryl methyl sites for hydroxylation is 1. The molecule has 0 atom stereocenters. The van der Waals surface area contributed by atoms with Crippen LogP contribution in [0, 0.1) is 18.6 Å². The molecule has 0 aliphatic heterocycles. The van der Waals surface area contributed by atoms with Crippen molar-refractivity contribution in [2.45, 2.75) is 19.2 Å². The molecule has 0 aliphatic carbocycles. The number of alkyl halides is 5. The van der Waals surface area contributed by atoms with E-state index in [9.17, 15) is 30.7 Å². The SMILES string of the molecule is Cc1ccc(C(F)(F)Oc2cc(F)c(C(F)(F)F)c(F)c2)cc1. The predicted octanol–water partition coefficient (Wildman–Crippen LogP) is 5.42. The Morgan fingerprint density at radius 3 is 1.74 bits per heavy atom. The maximum atomic E-state index is 13.9. The average Bonchev–Trinajstić information content (AvgIpc) is 2.35. The Labute approximate surface area is 126 Å². The lowest BCUT2D eigenvalue weighted by atomic mass is 10.1. The van der Waals surface area contributed by atoms with Crippen LogP contribution in [-0.2, 0) is 12.3 Å². The van der Waals surface area contributed by atoms with Gasteiger partial charge in [0.15, 0.2) is 0 Å². The summed E-state index contributed by atoms with van der Waals surface area (Å²) in [6.07, 6.45) is -9.25. The summed E-state index contributed by atoms with van der Waals surface area (Å²) in [7, 11) is 0. The van der Waals surface area contributed by atoms with Gasteiger partial charge < -0.3 is 4.74 Å². The molecule has 0 radical (unpaired) electrons. The number of hydrogen-bond acceptors (Lipinski definition) is 1. The van der Waals surface area contributed by atoms with E-state index in [4.69, 9.17) is 0 Å². The highest BCUT2D eigenvalue weighted by Crippen LogP contribution is 2.37. The third kappa shape index (κ3) is 3.75. The monoisotopic (exact) mass is 338 g/mol. The maximum absolute atomic E-state index is 13.9. The molecule has 0 saturated carbocycles. The van der Waals surface area contributed by atoms with Crippen molar-refractivity contribution in [3.63, 3.8) is 0 Å². The molecule has 2 aromatic carbocycles. The second kappa shape index (κ2) is 5.75. The van der Waals surface area contributed by atoms with Crippen LogP contribution in [0.1, 0.15) is 16.7 Å². The Hall–Kier alpha value is -2.25. The van der Waals surface area contributed by atoms with E-state index in [-0.39, 0.29) is 12.1 Å². The van der Waals surface area contributed by atoms with Crippen LogP contribution >= 0.6 is 0 Å². The van der Waals surface area contributed by atoms with E-state index in [1.54, 1.807) is 6.92 Å². The quantitative estimate of drug-likeness (QED) is 0.679. The van der Waals surface area contributed by atoms with Gasteiger partial charge in [-0.15, -0.1) is 0 Å². The summed E-state index contributed by atoms with van der Waals surface area (Å²) in [6.45, 7) is 1.66.